The SMILES string of the molecule is Cc1cc2c(c(F)c1Br)-n1c(C)nnc1C(C)(C)N2. The Balaban J connectivity index is 2.42. The highest BCUT2D eigenvalue weighted by atomic mass is 79.9. The van der Waals surface area contributed by atoms with Crippen LogP contribution in [0.1, 0.15) is 31.1 Å². The summed E-state index contributed by atoms with van der Waals surface area (Å²) in [5.74, 6) is 1.11. The molecule has 0 saturated carbocycles. The summed E-state index contributed by atoms with van der Waals surface area (Å²) in [7, 11) is 0. The first kappa shape index (κ1) is 12.6. The molecule has 0 radical (unpaired) electrons. The number of nitrogens with one attached hydrogen (secondary N) is 1. The Labute approximate surface area is 119 Å². The van der Waals surface area contributed by atoms with Crippen molar-refractivity contribution >= 4 is 21.6 Å². The van der Waals surface area contributed by atoms with Crippen LogP contribution in [0.5, 0.6) is 0 Å². The monoisotopic (exact) mass is 324 g/mol. The molecule has 0 bridgehead atoms. The molecule has 3 rings (SSSR count). The van der Waals surface area contributed by atoms with Crippen molar-refractivity contribution in [3.05, 3.63) is 33.6 Å². The lowest BCUT2D eigenvalue weighted by molar-refractivity contribution is 0.520. The van der Waals surface area contributed by atoms with Gasteiger partial charge in [0, 0.05) is 0 Å². The highest BCUT2D eigenvalue weighted by molar-refractivity contribution is 9.10. The molecule has 0 spiro atoms. The Bertz CT molecular complexity index is 690. The van der Waals surface area contributed by atoms with Gasteiger partial charge in [0.2, 0.25) is 0 Å². The second kappa shape index (κ2) is 3.79. The molecule has 100 valence electrons. The standard InChI is InChI=1S/C13H14BrFN4/c1-6-5-8-11(10(15)9(6)14)19-7(2)17-18-12(19)13(3,4)16-8/h5,16H,1-4H3. The van der Waals surface area contributed by atoms with Crippen LogP contribution < -0.4 is 5.32 Å². The van der Waals surface area contributed by atoms with E-state index >= 15 is 0 Å². The van der Waals surface area contributed by atoms with Gasteiger partial charge in [-0.15, -0.1) is 10.2 Å². The Morgan fingerprint density at radius 1 is 1.32 bits per heavy atom. The van der Waals surface area contributed by atoms with E-state index in [9.17, 15) is 4.39 Å². The predicted molar refractivity (Wildman–Crippen MR) is 75.1 cm³/mol. The molecule has 1 N–H and O–H groups in total. The molecule has 2 aromatic rings. The number of hydrogen-bond acceptors (Lipinski definition) is 3. The number of benzene rings is 1. The van der Waals surface area contributed by atoms with Crippen molar-refractivity contribution in [1.82, 2.24) is 14.8 Å². The van der Waals surface area contributed by atoms with Crippen LogP contribution in [0.25, 0.3) is 5.69 Å². The van der Waals surface area contributed by atoms with Crippen LogP contribution in [0.2, 0.25) is 0 Å². The topological polar surface area (TPSA) is 42.7 Å². The van der Waals surface area contributed by atoms with Crippen LogP contribution in [-0.2, 0) is 5.54 Å². The van der Waals surface area contributed by atoms with Gasteiger partial charge in [-0.1, -0.05) is 0 Å². The number of rotatable bonds is 0. The molecular weight excluding hydrogens is 311 g/mol. The number of anilines is 1. The lowest BCUT2D eigenvalue weighted by atomic mass is 9.99. The average molecular weight is 325 g/mol. The third-order valence-corrected chi connectivity index (χ3v) is 4.39. The summed E-state index contributed by atoms with van der Waals surface area (Å²) < 4.78 is 16.8. The molecule has 2 heterocycles. The maximum atomic E-state index is 14.6. The molecule has 0 unspecified atom stereocenters. The molecule has 0 saturated heterocycles. The van der Waals surface area contributed by atoms with E-state index in [2.05, 4.69) is 31.4 Å². The fourth-order valence-corrected chi connectivity index (χ4v) is 2.79. The van der Waals surface area contributed by atoms with E-state index in [1.807, 2.05) is 33.8 Å². The van der Waals surface area contributed by atoms with Gasteiger partial charge in [0.05, 0.1) is 15.7 Å². The van der Waals surface area contributed by atoms with Gasteiger partial charge >= 0.3 is 0 Å². The first-order valence-electron chi connectivity index (χ1n) is 6.02. The number of nitrogens with zero attached hydrogens (tertiary/aromatic N) is 3. The molecule has 0 aliphatic carbocycles. The molecule has 0 fully saturated rings. The van der Waals surface area contributed by atoms with Crippen LogP contribution in [0.4, 0.5) is 10.1 Å². The second-order valence-electron chi connectivity index (χ2n) is 5.37. The van der Waals surface area contributed by atoms with E-state index in [-0.39, 0.29) is 11.4 Å². The summed E-state index contributed by atoms with van der Waals surface area (Å²) in [5.41, 5.74) is 1.71. The first-order chi connectivity index (χ1) is 8.83. The maximum absolute atomic E-state index is 14.6. The molecule has 1 aliphatic rings. The minimum Gasteiger partial charge on any atom is -0.371 e. The third kappa shape index (κ3) is 1.62. The van der Waals surface area contributed by atoms with Crippen LogP contribution in [0.3, 0.4) is 0 Å². The Morgan fingerprint density at radius 3 is 2.68 bits per heavy atom. The zero-order valence-corrected chi connectivity index (χ0v) is 12.8. The third-order valence-electron chi connectivity index (χ3n) is 3.42. The molecule has 19 heavy (non-hydrogen) atoms. The normalized spacial score (nSPS) is 15.7. The fraction of sp³-hybridized carbons (Fsp3) is 0.385. The minimum atomic E-state index is -0.388. The van der Waals surface area contributed by atoms with Gasteiger partial charge in [0.1, 0.15) is 11.5 Å². The number of hydrogen-bond donors (Lipinski definition) is 1. The second-order valence-corrected chi connectivity index (χ2v) is 6.17. The number of fused-ring (bicyclic) bond motifs is 3. The summed E-state index contributed by atoms with van der Waals surface area (Å²) in [6.07, 6.45) is 0. The summed E-state index contributed by atoms with van der Waals surface area (Å²) in [5, 5.41) is 11.6. The number of halogens is 2. The highest BCUT2D eigenvalue weighted by Gasteiger charge is 2.36. The molecule has 4 nitrogen and oxygen atoms in total. The number of aryl methyl sites for hydroxylation is 2. The summed E-state index contributed by atoms with van der Waals surface area (Å²) in [4.78, 5) is 0. The van der Waals surface area contributed by atoms with Gasteiger partial charge in [-0.25, -0.2) is 4.39 Å². The Morgan fingerprint density at radius 2 is 2.00 bits per heavy atom. The quantitative estimate of drug-likeness (QED) is 0.807. The smallest absolute Gasteiger partial charge is 0.163 e. The lowest BCUT2D eigenvalue weighted by Gasteiger charge is -2.34. The van der Waals surface area contributed by atoms with Crippen molar-refractivity contribution in [1.29, 1.82) is 0 Å². The lowest BCUT2D eigenvalue weighted by Crippen LogP contribution is -2.36. The Hall–Kier alpha value is -1.43. The maximum Gasteiger partial charge on any atom is 0.163 e. The summed E-state index contributed by atoms with van der Waals surface area (Å²) in [6.45, 7) is 7.71. The van der Waals surface area contributed by atoms with Gasteiger partial charge in [-0.3, -0.25) is 4.57 Å². The molecule has 6 heteroatoms. The zero-order valence-electron chi connectivity index (χ0n) is 11.2. The van der Waals surface area contributed by atoms with E-state index in [1.165, 1.54) is 0 Å². The van der Waals surface area contributed by atoms with Gasteiger partial charge in [0.15, 0.2) is 11.6 Å². The van der Waals surface area contributed by atoms with Crippen LogP contribution in [-0.4, -0.2) is 14.8 Å². The molecule has 1 aromatic heterocycles. The van der Waals surface area contributed by atoms with Crippen molar-refractivity contribution in [3.8, 4) is 5.69 Å². The summed E-state index contributed by atoms with van der Waals surface area (Å²) in [6, 6.07) is 1.94. The van der Waals surface area contributed by atoms with Gasteiger partial charge in [-0.05, 0) is 55.3 Å². The zero-order chi connectivity index (χ0) is 13.9. The van der Waals surface area contributed by atoms with Crippen molar-refractivity contribution in [3.63, 3.8) is 0 Å². The van der Waals surface area contributed by atoms with Crippen molar-refractivity contribution < 1.29 is 4.39 Å². The predicted octanol–water partition coefficient (Wildman–Crippen LogP) is 3.45. The molecular formula is C13H14BrFN4. The van der Waals surface area contributed by atoms with Crippen molar-refractivity contribution in [2.45, 2.75) is 33.2 Å². The molecule has 0 amide bonds. The van der Waals surface area contributed by atoms with Crippen LogP contribution in [0.15, 0.2) is 10.5 Å². The van der Waals surface area contributed by atoms with E-state index in [0.29, 0.717) is 21.8 Å². The van der Waals surface area contributed by atoms with Crippen LogP contribution >= 0.6 is 15.9 Å². The fourth-order valence-electron chi connectivity index (χ4n) is 2.48. The van der Waals surface area contributed by atoms with Crippen LogP contribution in [0, 0.1) is 19.7 Å². The van der Waals surface area contributed by atoms with E-state index < -0.39 is 0 Å². The largest absolute Gasteiger partial charge is 0.371 e. The van der Waals surface area contributed by atoms with Gasteiger partial charge in [0.25, 0.3) is 0 Å². The first-order valence-corrected chi connectivity index (χ1v) is 6.82. The highest BCUT2D eigenvalue weighted by Crippen LogP contribution is 2.41. The van der Waals surface area contributed by atoms with E-state index in [0.717, 1.165) is 11.3 Å². The molecule has 1 aromatic carbocycles. The average Bonchev–Trinajstić information content (AvgIpc) is 2.69. The molecule has 0 atom stereocenters. The van der Waals surface area contributed by atoms with Crippen molar-refractivity contribution in [2.24, 2.45) is 0 Å². The van der Waals surface area contributed by atoms with Gasteiger partial charge < -0.3 is 5.32 Å². The van der Waals surface area contributed by atoms with E-state index in [1.54, 1.807) is 4.57 Å². The van der Waals surface area contributed by atoms with Gasteiger partial charge in [-0.2, -0.15) is 0 Å². The number of aromatic nitrogens is 3. The summed E-state index contributed by atoms with van der Waals surface area (Å²) >= 11 is 3.29. The van der Waals surface area contributed by atoms with Crippen molar-refractivity contribution in [2.75, 3.05) is 5.32 Å². The van der Waals surface area contributed by atoms with E-state index in [4.69, 9.17) is 0 Å². The Kier molecular flexibility index (Phi) is 2.51. The minimum absolute atomic E-state index is 0.290. The molecule has 1 aliphatic heterocycles.